The monoisotopic (exact) mass is 427 g/mol. The van der Waals surface area contributed by atoms with Crippen LogP contribution in [0.4, 0.5) is 0 Å². The van der Waals surface area contributed by atoms with Gasteiger partial charge in [-0.2, -0.15) is 10.2 Å². The lowest BCUT2D eigenvalue weighted by Crippen LogP contribution is -2.07. The molecule has 0 saturated heterocycles. The normalized spacial score (nSPS) is 16.0. The molecule has 5 heteroatoms. The summed E-state index contributed by atoms with van der Waals surface area (Å²) >= 11 is 0. The van der Waals surface area contributed by atoms with Crippen molar-refractivity contribution in [2.24, 2.45) is 0 Å². The van der Waals surface area contributed by atoms with Crippen molar-refractivity contribution in [3.05, 3.63) is 77.4 Å². The van der Waals surface area contributed by atoms with Gasteiger partial charge in [-0.05, 0) is 60.8 Å². The van der Waals surface area contributed by atoms with Crippen LogP contribution in [0.5, 0.6) is 0 Å². The van der Waals surface area contributed by atoms with Crippen LogP contribution >= 0.6 is 0 Å². The molecular formula is C27H33N5. The average molecular weight is 428 g/mol. The van der Waals surface area contributed by atoms with E-state index in [1.807, 2.05) is 12.4 Å². The Balaban J connectivity index is 1.32. The van der Waals surface area contributed by atoms with E-state index in [4.69, 9.17) is 10.1 Å². The van der Waals surface area contributed by atoms with Gasteiger partial charge in [-0.25, -0.2) is 9.67 Å². The first kappa shape index (κ1) is 20.9. The van der Waals surface area contributed by atoms with Gasteiger partial charge in [0.05, 0.1) is 17.9 Å². The maximum Gasteiger partial charge on any atom is 0.158 e. The Labute approximate surface area is 190 Å². The van der Waals surface area contributed by atoms with E-state index in [0.29, 0.717) is 17.8 Å². The van der Waals surface area contributed by atoms with E-state index in [1.165, 1.54) is 40.6 Å². The lowest BCUT2D eigenvalue weighted by molar-refractivity contribution is 0.535. The number of aryl methyl sites for hydroxylation is 1. The predicted molar refractivity (Wildman–Crippen MR) is 129 cm³/mol. The van der Waals surface area contributed by atoms with Gasteiger partial charge < -0.3 is 0 Å². The summed E-state index contributed by atoms with van der Waals surface area (Å²) in [5.41, 5.74) is 6.15. The molecular weight excluding hydrogens is 394 g/mol. The van der Waals surface area contributed by atoms with E-state index in [1.54, 1.807) is 0 Å². The van der Waals surface area contributed by atoms with Crippen LogP contribution in [0.2, 0.25) is 0 Å². The van der Waals surface area contributed by atoms with Crippen molar-refractivity contribution in [2.45, 2.75) is 77.3 Å². The maximum absolute atomic E-state index is 5.02. The fraction of sp³-hybridized carbons (Fsp3) is 0.444. The number of aromatic nitrogens is 5. The number of fused-ring (bicyclic) bond motifs is 1. The van der Waals surface area contributed by atoms with E-state index < -0.39 is 0 Å². The molecule has 166 valence electrons. The minimum absolute atomic E-state index is 0.229. The van der Waals surface area contributed by atoms with Crippen LogP contribution in [0.15, 0.2) is 55.0 Å². The molecule has 0 radical (unpaired) electrons. The summed E-state index contributed by atoms with van der Waals surface area (Å²) in [6.45, 7) is 9.81. The highest BCUT2D eigenvalue weighted by atomic mass is 15.3. The Hall–Kier alpha value is -2.95. The summed E-state index contributed by atoms with van der Waals surface area (Å²) in [6, 6.07) is 13.1. The van der Waals surface area contributed by atoms with Crippen LogP contribution in [0.3, 0.4) is 0 Å². The molecule has 5 rings (SSSR count). The molecule has 0 amide bonds. The Morgan fingerprint density at radius 2 is 1.75 bits per heavy atom. The van der Waals surface area contributed by atoms with Crippen molar-refractivity contribution in [3.63, 3.8) is 0 Å². The van der Waals surface area contributed by atoms with E-state index in [2.05, 4.69) is 84.8 Å². The average Bonchev–Trinajstić information content (AvgIpc) is 3.41. The SMILES string of the molecule is CC(C)c1cnc2c(c1)c(C1CC1)nn2CCC(C)c1cnn([C@H](C)c2ccccc2)c1. The highest BCUT2D eigenvalue weighted by Gasteiger charge is 2.29. The lowest BCUT2D eigenvalue weighted by atomic mass is 10.0. The van der Waals surface area contributed by atoms with Crippen molar-refractivity contribution in [2.75, 3.05) is 0 Å². The number of pyridine rings is 1. The molecule has 0 aliphatic heterocycles. The highest BCUT2D eigenvalue weighted by Crippen LogP contribution is 2.42. The Morgan fingerprint density at radius 3 is 2.47 bits per heavy atom. The summed E-state index contributed by atoms with van der Waals surface area (Å²) in [6.07, 6.45) is 9.78. The van der Waals surface area contributed by atoms with Crippen LogP contribution in [0.1, 0.15) is 93.1 Å². The van der Waals surface area contributed by atoms with Gasteiger partial charge in [0.2, 0.25) is 0 Å². The Bertz CT molecular complexity index is 1200. The molecule has 1 aliphatic carbocycles. The molecule has 4 aromatic rings. The van der Waals surface area contributed by atoms with Gasteiger partial charge in [0.15, 0.2) is 5.65 Å². The van der Waals surface area contributed by atoms with Gasteiger partial charge in [0.1, 0.15) is 0 Å². The Kier molecular flexibility index (Phi) is 5.58. The zero-order valence-electron chi connectivity index (χ0n) is 19.6. The third-order valence-electron chi connectivity index (χ3n) is 6.91. The second kappa shape index (κ2) is 8.53. The van der Waals surface area contributed by atoms with Crippen LogP contribution in [0, 0.1) is 0 Å². The Morgan fingerprint density at radius 1 is 0.969 bits per heavy atom. The zero-order chi connectivity index (χ0) is 22.2. The number of hydrogen-bond acceptors (Lipinski definition) is 3. The fourth-order valence-corrected chi connectivity index (χ4v) is 4.42. The van der Waals surface area contributed by atoms with Crippen LogP contribution in [-0.2, 0) is 6.54 Å². The predicted octanol–water partition coefficient (Wildman–Crippen LogP) is 6.43. The summed E-state index contributed by atoms with van der Waals surface area (Å²) in [5.74, 6) is 1.51. The van der Waals surface area contributed by atoms with Gasteiger partial charge >= 0.3 is 0 Å². The first-order chi connectivity index (χ1) is 15.5. The molecule has 1 aliphatic rings. The zero-order valence-corrected chi connectivity index (χ0v) is 19.6. The van der Waals surface area contributed by atoms with Gasteiger partial charge in [-0.1, -0.05) is 51.1 Å². The van der Waals surface area contributed by atoms with Crippen molar-refractivity contribution in [3.8, 4) is 0 Å². The molecule has 3 aromatic heterocycles. The number of benzene rings is 1. The van der Waals surface area contributed by atoms with Crippen molar-refractivity contribution >= 4 is 11.0 Å². The minimum Gasteiger partial charge on any atom is -0.265 e. The molecule has 0 N–H and O–H groups in total. The van der Waals surface area contributed by atoms with E-state index in [-0.39, 0.29) is 6.04 Å². The van der Waals surface area contributed by atoms with Gasteiger partial charge in [0, 0.05) is 30.2 Å². The maximum atomic E-state index is 5.02. The molecule has 3 heterocycles. The fourth-order valence-electron chi connectivity index (χ4n) is 4.42. The molecule has 0 spiro atoms. The highest BCUT2D eigenvalue weighted by molar-refractivity contribution is 5.80. The lowest BCUT2D eigenvalue weighted by Gasteiger charge is -2.13. The van der Waals surface area contributed by atoms with Crippen molar-refractivity contribution in [1.82, 2.24) is 24.5 Å². The molecule has 5 nitrogen and oxygen atoms in total. The molecule has 1 aromatic carbocycles. The van der Waals surface area contributed by atoms with Crippen molar-refractivity contribution in [1.29, 1.82) is 0 Å². The van der Waals surface area contributed by atoms with E-state index >= 15 is 0 Å². The topological polar surface area (TPSA) is 48.5 Å². The van der Waals surface area contributed by atoms with E-state index in [0.717, 1.165) is 18.6 Å². The van der Waals surface area contributed by atoms with Crippen LogP contribution < -0.4 is 0 Å². The van der Waals surface area contributed by atoms with Crippen LogP contribution in [-0.4, -0.2) is 24.5 Å². The standard InChI is InChI=1S/C27H33N5/c1-18(2)23-14-25-26(22-10-11-22)30-31(27(25)28-15-23)13-12-19(3)24-16-29-32(17-24)20(4)21-8-6-5-7-9-21/h5-9,14-20,22H,10-13H2,1-4H3/t19?,20-/m1/s1. The molecule has 0 bridgehead atoms. The third kappa shape index (κ3) is 4.08. The summed E-state index contributed by atoms with van der Waals surface area (Å²) in [4.78, 5) is 4.83. The third-order valence-corrected chi connectivity index (χ3v) is 6.91. The quantitative estimate of drug-likeness (QED) is 0.325. The molecule has 1 fully saturated rings. The first-order valence-electron chi connectivity index (χ1n) is 12.0. The van der Waals surface area contributed by atoms with Crippen LogP contribution in [0.25, 0.3) is 11.0 Å². The molecule has 1 unspecified atom stereocenters. The molecule has 2 atom stereocenters. The number of rotatable bonds is 8. The van der Waals surface area contributed by atoms with Gasteiger partial charge in [0.25, 0.3) is 0 Å². The largest absolute Gasteiger partial charge is 0.265 e. The van der Waals surface area contributed by atoms with Gasteiger partial charge in [-0.3, -0.25) is 4.68 Å². The molecule has 1 saturated carbocycles. The van der Waals surface area contributed by atoms with Gasteiger partial charge in [-0.15, -0.1) is 0 Å². The first-order valence-corrected chi connectivity index (χ1v) is 12.0. The number of nitrogens with zero attached hydrogens (tertiary/aromatic N) is 5. The molecule has 32 heavy (non-hydrogen) atoms. The smallest absolute Gasteiger partial charge is 0.158 e. The second-order valence-electron chi connectivity index (χ2n) is 9.71. The number of hydrogen-bond donors (Lipinski definition) is 0. The van der Waals surface area contributed by atoms with Crippen molar-refractivity contribution < 1.29 is 0 Å². The summed E-state index contributed by atoms with van der Waals surface area (Å²) in [7, 11) is 0. The second-order valence-corrected chi connectivity index (χ2v) is 9.71. The van der Waals surface area contributed by atoms with E-state index in [9.17, 15) is 0 Å². The minimum atomic E-state index is 0.229. The summed E-state index contributed by atoms with van der Waals surface area (Å²) in [5, 5.41) is 10.9. The summed E-state index contributed by atoms with van der Waals surface area (Å²) < 4.78 is 4.21.